The second-order valence-electron chi connectivity index (χ2n) is 3.13. The minimum absolute atomic E-state index is 0.346. The van der Waals surface area contributed by atoms with E-state index in [2.05, 4.69) is 0 Å². The second-order valence-corrected chi connectivity index (χ2v) is 6.52. The molecular formula is C8H8ClFO4S2. The SMILES string of the molecule is CC(C)OC(=O)c1scc(F)c1S(=O)(=O)Cl. The van der Waals surface area contributed by atoms with Crippen molar-refractivity contribution < 1.29 is 22.3 Å². The normalized spacial score (nSPS) is 11.8. The lowest BCUT2D eigenvalue weighted by Crippen LogP contribution is -2.12. The van der Waals surface area contributed by atoms with E-state index in [1.807, 2.05) is 0 Å². The summed E-state index contributed by atoms with van der Waals surface area (Å²) in [6.45, 7) is 3.19. The number of halogens is 2. The number of hydrogen-bond donors (Lipinski definition) is 0. The molecule has 0 aromatic carbocycles. The molecular weight excluding hydrogens is 279 g/mol. The fourth-order valence-electron chi connectivity index (χ4n) is 0.962. The predicted octanol–water partition coefficient (Wildman–Crippen LogP) is 2.38. The first-order chi connectivity index (χ1) is 7.23. The number of ether oxygens (including phenoxy) is 1. The van der Waals surface area contributed by atoms with Crippen LogP contribution in [0.2, 0.25) is 0 Å². The van der Waals surface area contributed by atoms with Crippen molar-refractivity contribution in [3.63, 3.8) is 0 Å². The molecule has 0 fully saturated rings. The van der Waals surface area contributed by atoms with Crippen LogP contribution < -0.4 is 0 Å². The van der Waals surface area contributed by atoms with Gasteiger partial charge in [0.15, 0.2) is 5.82 Å². The highest BCUT2D eigenvalue weighted by Crippen LogP contribution is 2.29. The zero-order valence-electron chi connectivity index (χ0n) is 8.36. The van der Waals surface area contributed by atoms with Gasteiger partial charge in [0.2, 0.25) is 0 Å². The van der Waals surface area contributed by atoms with Gasteiger partial charge in [-0.25, -0.2) is 17.6 Å². The van der Waals surface area contributed by atoms with Gasteiger partial charge >= 0.3 is 5.97 Å². The van der Waals surface area contributed by atoms with Crippen LogP contribution in [0.5, 0.6) is 0 Å². The van der Waals surface area contributed by atoms with E-state index in [1.165, 1.54) is 0 Å². The molecule has 0 unspecified atom stereocenters. The Bertz CT molecular complexity index is 506. The summed E-state index contributed by atoms with van der Waals surface area (Å²) in [6.07, 6.45) is -0.427. The van der Waals surface area contributed by atoms with E-state index in [4.69, 9.17) is 15.4 Å². The first-order valence-electron chi connectivity index (χ1n) is 4.16. The molecule has 0 N–H and O–H groups in total. The standard InChI is InChI=1S/C8H8ClFO4S2/c1-4(2)14-8(11)6-7(16(9,12)13)5(10)3-15-6/h3-4H,1-2H3. The van der Waals surface area contributed by atoms with Gasteiger partial charge in [0.05, 0.1) is 6.10 Å². The maximum absolute atomic E-state index is 13.1. The largest absolute Gasteiger partial charge is 0.459 e. The van der Waals surface area contributed by atoms with E-state index in [9.17, 15) is 17.6 Å². The Balaban J connectivity index is 3.22. The van der Waals surface area contributed by atoms with Gasteiger partial charge in [0, 0.05) is 16.1 Å². The van der Waals surface area contributed by atoms with Crippen LogP contribution in [0.15, 0.2) is 10.3 Å². The molecule has 1 heterocycles. The summed E-state index contributed by atoms with van der Waals surface area (Å²) in [7, 11) is 0.727. The van der Waals surface area contributed by atoms with Crippen LogP contribution in [-0.2, 0) is 13.8 Å². The molecule has 0 atom stereocenters. The topological polar surface area (TPSA) is 60.4 Å². The molecule has 4 nitrogen and oxygen atoms in total. The molecule has 0 spiro atoms. The average Bonchev–Trinajstić information content (AvgIpc) is 2.44. The highest BCUT2D eigenvalue weighted by molar-refractivity contribution is 8.13. The van der Waals surface area contributed by atoms with Crippen LogP contribution in [0, 0.1) is 5.82 Å². The Kier molecular flexibility index (Phi) is 3.92. The van der Waals surface area contributed by atoms with Crippen molar-refractivity contribution >= 4 is 37.0 Å². The number of esters is 1. The quantitative estimate of drug-likeness (QED) is 0.632. The van der Waals surface area contributed by atoms with Gasteiger partial charge in [-0.15, -0.1) is 11.3 Å². The lowest BCUT2D eigenvalue weighted by Gasteiger charge is -2.06. The average molecular weight is 287 g/mol. The first kappa shape index (κ1) is 13.4. The lowest BCUT2D eigenvalue weighted by atomic mass is 10.4. The summed E-state index contributed by atoms with van der Waals surface area (Å²) in [5.74, 6) is -1.95. The molecule has 0 aliphatic carbocycles. The van der Waals surface area contributed by atoms with Gasteiger partial charge in [-0.2, -0.15) is 0 Å². The van der Waals surface area contributed by atoms with E-state index in [0.717, 1.165) is 5.38 Å². The second kappa shape index (κ2) is 4.68. The van der Waals surface area contributed by atoms with Crippen LogP contribution in [0.4, 0.5) is 4.39 Å². The zero-order valence-corrected chi connectivity index (χ0v) is 10.7. The summed E-state index contributed by atoms with van der Waals surface area (Å²) < 4.78 is 40.0. The Morgan fingerprint density at radius 1 is 1.56 bits per heavy atom. The summed E-state index contributed by atoms with van der Waals surface area (Å²) in [6, 6.07) is 0. The molecule has 0 bridgehead atoms. The monoisotopic (exact) mass is 286 g/mol. The maximum atomic E-state index is 13.1. The van der Waals surface area contributed by atoms with Crippen molar-refractivity contribution in [2.45, 2.75) is 24.8 Å². The Hall–Kier alpha value is -0.660. The third-order valence-electron chi connectivity index (χ3n) is 1.48. The number of hydrogen-bond acceptors (Lipinski definition) is 5. The van der Waals surface area contributed by atoms with Gasteiger partial charge < -0.3 is 4.74 Å². The molecule has 16 heavy (non-hydrogen) atoms. The third kappa shape index (κ3) is 2.93. The minimum atomic E-state index is -4.29. The molecule has 1 aromatic rings. The molecule has 0 aliphatic rings. The van der Waals surface area contributed by atoms with Gasteiger partial charge in [0.1, 0.15) is 9.77 Å². The Labute approximate surface area is 100 Å². The van der Waals surface area contributed by atoms with Crippen LogP contribution in [0.25, 0.3) is 0 Å². The number of carbonyl (C=O) groups excluding carboxylic acids is 1. The third-order valence-corrected chi connectivity index (χ3v) is 3.89. The first-order valence-corrected chi connectivity index (χ1v) is 7.35. The fraction of sp³-hybridized carbons (Fsp3) is 0.375. The van der Waals surface area contributed by atoms with Crippen molar-refractivity contribution in [2.75, 3.05) is 0 Å². The number of carbonyl (C=O) groups is 1. The molecule has 0 aliphatic heterocycles. The van der Waals surface area contributed by atoms with E-state index in [0.29, 0.717) is 11.3 Å². The molecule has 0 amide bonds. The van der Waals surface area contributed by atoms with E-state index in [1.54, 1.807) is 13.8 Å². The molecule has 0 radical (unpaired) electrons. The van der Waals surface area contributed by atoms with Crippen LogP contribution in [-0.4, -0.2) is 20.5 Å². The van der Waals surface area contributed by atoms with Gasteiger partial charge in [-0.1, -0.05) is 0 Å². The Morgan fingerprint density at radius 3 is 2.56 bits per heavy atom. The summed E-state index contributed by atoms with van der Waals surface area (Å²) in [4.78, 5) is 10.3. The molecule has 8 heteroatoms. The van der Waals surface area contributed by atoms with E-state index in [-0.39, 0.29) is 4.88 Å². The van der Waals surface area contributed by atoms with Crippen molar-refractivity contribution in [2.24, 2.45) is 0 Å². The van der Waals surface area contributed by atoms with Gasteiger partial charge in [-0.3, -0.25) is 0 Å². The molecule has 0 saturated heterocycles. The zero-order chi connectivity index (χ0) is 12.5. The van der Waals surface area contributed by atoms with Gasteiger partial charge in [0.25, 0.3) is 9.05 Å². The highest BCUT2D eigenvalue weighted by Gasteiger charge is 2.28. The lowest BCUT2D eigenvalue weighted by molar-refractivity contribution is 0.0379. The predicted molar refractivity (Wildman–Crippen MR) is 57.9 cm³/mol. The fourth-order valence-corrected chi connectivity index (χ4v) is 3.38. The molecule has 1 rings (SSSR count). The maximum Gasteiger partial charge on any atom is 0.350 e. The van der Waals surface area contributed by atoms with Crippen molar-refractivity contribution in [3.8, 4) is 0 Å². The number of thiophene rings is 1. The van der Waals surface area contributed by atoms with Gasteiger partial charge in [-0.05, 0) is 13.8 Å². The summed E-state index contributed by atoms with van der Waals surface area (Å²) in [5.41, 5.74) is 0. The van der Waals surface area contributed by atoms with Crippen LogP contribution in [0.3, 0.4) is 0 Å². The summed E-state index contributed by atoms with van der Waals surface area (Å²) >= 11 is 0.640. The number of rotatable bonds is 3. The van der Waals surface area contributed by atoms with Crippen molar-refractivity contribution in [3.05, 3.63) is 16.1 Å². The Morgan fingerprint density at radius 2 is 2.12 bits per heavy atom. The van der Waals surface area contributed by atoms with Crippen molar-refractivity contribution in [1.82, 2.24) is 0 Å². The smallest absolute Gasteiger partial charge is 0.350 e. The van der Waals surface area contributed by atoms with E-state index < -0.39 is 31.8 Å². The molecule has 0 saturated carbocycles. The summed E-state index contributed by atoms with van der Waals surface area (Å²) in [5, 5.41) is 0.895. The molecule has 1 aromatic heterocycles. The minimum Gasteiger partial charge on any atom is -0.459 e. The van der Waals surface area contributed by atoms with Crippen LogP contribution >= 0.6 is 22.0 Å². The highest BCUT2D eigenvalue weighted by atomic mass is 35.7. The van der Waals surface area contributed by atoms with Crippen molar-refractivity contribution in [1.29, 1.82) is 0 Å². The molecule has 90 valence electrons. The van der Waals surface area contributed by atoms with E-state index >= 15 is 0 Å². The van der Waals surface area contributed by atoms with Crippen LogP contribution in [0.1, 0.15) is 23.5 Å².